The van der Waals surface area contributed by atoms with Crippen molar-refractivity contribution in [3.8, 4) is 0 Å². The third-order valence-electron chi connectivity index (χ3n) is 5.25. The van der Waals surface area contributed by atoms with Crippen LogP contribution in [0, 0.1) is 17.8 Å². The summed E-state index contributed by atoms with van der Waals surface area (Å²) in [6.45, 7) is 5.21. The minimum atomic E-state index is 0.0928. The lowest BCUT2D eigenvalue weighted by molar-refractivity contribution is -0.128. The predicted molar refractivity (Wildman–Crippen MR) is 99.1 cm³/mol. The van der Waals surface area contributed by atoms with Crippen molar-refractivity contribution in [2.24, 2.45) is 17.8 Å². The van der Waals surface area contributed by atoms with Crippen LogP contribution in [-0.4, -0.2) is 40.6 Å². The van der Waals surface area contributed by atoms with Crippen molar-refractivity contribution in [1.82, 2.24) is 14.7 Å². The summed E-state index contributed by atoms with van der Waals surface area (Å²) in [5, 5.41) is 7.34. The number of rotatable bonds is 7. The van der Waals surface area contributed by atoms with Crippen molar-refractivity contribution in [3.05, 3.63) is 12.3 Å². The van der Waals surface area contributed by atoms with Gasteiger partial charge in [-0.25, -0.2) is 0 Å². The van der Waals surface area contributed by atoms with Gasteiger partial charge < -0.3 is 10.2 Å². The van der Waals surface area contributed by atoms with E-state index in [0.29, 0.717) is 24.7 Å². The van der Waals surface area contributed by atoms with Crippen LogP contribution < -0.4 is 5.32 Å². The second kappa shape index (κ2) is 9.02. The molecule has 0 saturated heterocycles. The Kier molecular flexibility index (Phi) is 7.02. The van der Waals surface area contributed by atoms with Crippen LogP contribution in [-0.2, 0) is 16.1 Å². The molecule has 1 heterocycles. The summed E-state index contributed by atoms with van der Waals surface area (Å²) in [6, 6.07) is 1.82. The lowest BCUT2D eigenvalue weighted by Gasteiger charge is -2.29. The molecule has 0 spiro atoms. The molecule has 0 aliphatic heterocycles. The molecule has 1 N–H and O–H groups in total. The molecule has 1 aliphatic rings. The fourth-order valence-corrected chi connectivity index (χ4v) is 3.45. The van der Waals surface area contributed by atoms with Crippen molar-refractivity contribution in [2.75, 3.05) is 19.4 Å². The first-order valence-corrected chi connectivity index (χ1v) is 9.41. The Hall–Kier alpha value is -1.85. The zero-order chi connectivity index (χ0) is 18.4. The number of hydrogen-bond acceptors (Lipinski definition) is 3. The Morgan fingerprint density at radius 2 is 1.96 bits per heavy atom. The number of carbonyl (C=O) groups excluding carboxylic acids is 2. The van der Waals surface area contributed by atoms with Crippen LogP contribution in [0.25, 0.3) is 0 Å². The summed E-state index contributed by atoms with van der Waals surface area (Å²) >= 11 is 0. The van der Waals surface area contributed by atoms with Crippen molar-refractivity contribution >= 4 is 17.6 Å². The van der Waals surface area contributed by atoms with E-state index in [1.54, 1.807) is 23.7 Å². The van der Waals surface area contributed by atoms with Crippen molar-refractivity contribution in [1.29, 1.82) is 0 Å². The fraction of sp³-hybridized carbons (Fsp3) is 0.737. The van der Waals surface area contributed by atoms with E-state index in [9.17, 15) is 9.59 Å². The van der Waals surface area contributed by atoms with Gasteiger partial charge in [-0.3, -0.25) is 14.3 Å². The first-order chi connectivity index (χ1) is 11.9. The SMILES string of the molecule is CC(C)C1CCC(C(=O)Nc2ccn(CCCC(=O)N(C)C)n2)CC1. The number of anilines is 1. The van der Waals surface area contributed by atoms with Gasteiger partial charge in [-0.1, -0.05) is 13.8 Å². The molecule has 6 heteroatoms. The zero-order valence-corrected chi connectivity index (χ0v) is 16.0. The van der Waals surface area contributed by atoms with Gasteiger partial charge in [-0.15, -0.1) is 0 Å². The average Bonchev–Trinajstić information content (AvgIpc) is 3.02. The molecule has 2 amide bonds. The number of nitrogens with one attached hydrogen (secondary N) is 1. The van der Waals surface area contributed by atoms with Gasteiger partial charge in [0.25, 0.3) is 0 Å². The highest BCUT2D eigenvalue weighted by atomic mass is 16.2. The minimum Gasteiger partial charge on any atom is -0.349 e. The van der Waals surface area contributed by atoms with E-state index in [1.165, 1.54) is 0 Å². The summed E-state index contributed by atoms with van der Waals surface area (Å²) in [5.74, 6) is 2.40. The minimum absolute atomic E-state index is 0.0928. The van der Waals surface area contributed by atoms with Gasteiger partial charge in [0.1, 0.15) is 0 Å². The van der Waals surface area contributed by atoms with E-state index in [4.69, 9.17) is 0 Å². The Labute approximate surface area is 151 Å². The third-order valence-corrected chi connectivity index (χ3v) is 5.25. The second-order valence-electron chi connectivity index (χ2n) is 7.70. The molecule has 0 radical (unpaired) electrons. The van der Waals surface area contributed by atoms with E-state index < -0.39 is 0 Å². The molecule has 2 rings (SSSR count). The van der Waals surface area contributed by atoms with Crippen molar-refractivity contribution in [3.63, 3.8) is 0 Å². The highest BCUT2D eigenvalue weighted by molar-refractivity contribution is 5.91. The molecular formula is C19H32N4O2. The monoisotopic (exact) mass is 348 g/mol. The summed E-state index contributed by atoms with van der Waals surface area (Å²) in [7, 11) is 3.52. The van der Waals surface area contributed by atoms with Gasteiger partial charge in [0.2, 0.25) is 11.8 Å². The Morgan fingerprint density at radius 1 is 1.28 bits per heavy atom. The number of aromatic nitrogens is 2. The van der Waals surface area contributed by atoms with E-state index in [2.05, 4.69) is 24.3 Å². The fourth-order valence-electron chi connectivity index (χ4n) is 3.45. The highest BCUT2D eigenvalue weighted by Crippen LogP contribution is 2.33. The molecule has 25 heavy (non-hydrogen) atoms. The lowest BCUT2D eigenvalue weighted by atomic mass is 9.77. The molecule has 0 aromatic carbocycles. The van der Waals surface area contributed by atoms with Gasteiger partial charge in [0.15, 0.2) is 5.82 Å². The molecule has 1 aliphatic carbocycles. The van der Waals surface area contributed by atoms with Gasteiger partial charge in [0, 0.05) is 45.2 Å². The Balaban J connectivity index is 1.75. The lowest BCUT2D eigenvalue weighted by Crippen LogP contribution is -2.28. The largest absolute Gasteiger partial charge is 0.349 e. The molecule has 1 fully saturated rings. The second-order valence-corrected chi connectivity index (χ2v) is 7.70. The van der Waals surface area contributed by atoms with Gasteiger partial charge >= 0.3 is 0 Å². The number of hydrogen-bond donors (Lipinski definition) is 1. The summed E-state index contributed by atoms with van der Waals surface area (Å²) in [4.78, 5) is 25.6. The third kappa shape index (κ3) is 5.87. The Morgan fingerprint density at radius 3 is 2.56 bits per heavy atom. The van der Waals surface area contributed by atoms with Crippen molar-refractivity contribution in [2.45, 2.75) is 58.9 Å². The molecular weight excluding hydrogens is 316 g/mol. The molecule has 0 atom stereocenters. The molecule has 6 nitrogen and oxygen atoms in total. The Bertz CT molecular complexity index is 572. The first-order valence-electron chi connectivity index (χ1n) is 9.41. The van der Waals surface area contributed by atoms with Gasteiger partial charge in [0.05, 0.1) is 0 Å². The molecule has 1 aromatic rings. The normalized spacial score (nSPS) is 20.5. The standard InChI is InChI=1S/C19H32N4O2/c1-14(2)15-7-9-16(10-8-15)19(25)20-17-11-13-23(21-17)12-5-6-18(24)22(3)4/h11,13-16H,5-10,12H2,1-4H3,(H,20,21,25). The van der Waals surface area contributed by atoms with E-state index in [1.807, 2.05) is 12.3 Å². The summed E-state index contributed by atoms with van der Waals surface area (Å²) in [6.07, 6.45) is 7.34. The van der Waals surface area contributed by atoms with Gasteiger partial charge in [-0.05, 0) is 43.9 Å². The molecule has 1 aromatic heterocycles. The molecule has 1 saturated carbocycles. The van der Waals surface area contributed by atoms with Crippen LogP contribution in [0.5, 0.6) is 0 Å². The molecule has 140 valence electrons. The van der Waals surface area contributed by atoms with Crippen LogP contribution in [0.3, 0.4) is 0 Å². The summed E-state index contributed by atoms with van der Waals surface area (Å²) in [5.41, 5.74) is 0. The number of carbonyl (C=O) groups is 2. The van der Waals surface area contributed by atoms with Crippen LogP contribution in [0.4, 0.5) is 5.82 Å². The number of aryl methyl sites for hydroxylation is 1. The maximum Gasteiger partial charge on any atom is 0.228 e. The van der Waals surface area contributed by atoms with Crippen LogP contribution in [0.15, 0.2) is 12.3 Å². The van der Waals surface area contributed by atoms with E-state index in [0.717, 1.165) is 38.0 Å². The average molecular weight is 348 g/mol. The molecule has 0 unspecified atom stereocenters. The highest BCUT2D eigenvalue weighted by Gasteiger charge is 2.27. The maximum absolute atomic E-state index is 12.4. The van der Waals surface area contributed by atoms with Crippen LogP contribution >= 0.6 is 0 Å². The zero-order valence-electron chi connectivity index (χ0n) is 16.0. The quantitative estimate of drug-likeness (QED) is 0.823. The van der Waals surface area contributed by atoms with E-state index in [-0.39, 0.29) is 17.7 Å². The predicted octanol–water partition coefficient (Wildman–Crippen LogP) is 3.15. The van der Waals surface area contributed by atoms with Crippen LogP contribution in [0.1, 0.15) is 52.4 Å². The van der Waals surface area contributed by atoms with Crippen molar-refractivity contribution < 1.29 is 9.59 Å². The number of amides is 2. The molecule has 0 bridgehead atoms. The summed E-state index contributed by atoms with van der Waals surface area (Å²) < 4.78 is 1.79. The first kappa shape index (κ1) is 19.5. The maximum atomic E-state index is 12.4. The van der Waals surface area contributed by atoms with Gasteiger partial charge in [-0.2, -0.15) is 5.10 Å². The van der Waals surface area contributed by atoms with Crippen LogP contribution in [0.2, 0.25) is 0 Å². The number of nitrogens with zero attached hydrogens (tertiary/aromatic N) is 3. The smallest absolute Gasteiger partial charge is 0.228 e. The van der Waals surface area contributed by atoms with E-state index >= 15 is 0 Å². The topological polar surface area (TPSA) is 67.2 Å².